The Hall–Kier alpha value is -0.610. The van der Waals surface area contributed by atoms with E-state index >= 15 is 0 Å². The van der Waals surface area contributed by atoms with Crippen LogP contribution in [-0.4, -0.2) is 45.3 Å². The number of nitrogens with one attached hydrogen (secondary N) is 2. The molecule has 4 nitrogen and oxygen atoms in total. The maximum atomic E-state index is 12.8. The molecule has 1 heterocycles. The summed E-state index contributed by atoms with van der Waals surface area (Å²) in [5.74, 6) is 2.96. The Labute approximate surface area is 134 Å². The molecule has 0 radical (unpaired) electrons. The molecule has 0 atom stereocenters. The van der Waals surface area contributed by atoms with Crippen LogP contribution in [-0.2, 0) is 9.53 Å². The first-order chi connectivity index (χ1) is 10.7. The fourth-order valence-electron chi connectivity index (χ4n) is 6.03. The molecule has 124 valence electrons. The zero-order chi connectivity index (χ0) is 15.0. The summed E-state index contributed by atoms with van der Waals surface area (Å²) in [6.07, 6.45) is 8.87. The molecule has 5 aliphatic rings. The van der Waals surface area contributed by atoms with E-state index in [0.29, 0.717) is 5.91 Å². The zero-order valence-electron chi connectivity index (χ0n) is 13.7. The molecular formula is C18H31N2O2+. The van der Waals surface area contributed by atoms with Crippen molar-refractivity contribution < 1.29 is 14.4 Å². The first-order valence-corrected chi connectivity index (χ1v) is 9.43. The molecule has 1 saturated heterocycles. The van der Waals surface area contributed by atoms with Gasteiger partial charge in [-0.25, -0.2) is 0 Å². The summed E-state index contributed by atoms with van der Waals surface area (Å²) in [5.41, 5.74) is 0.0283. The van der Waals surface area contributed by atoms with Gasteiger partial charge in [0.05, 0.1) is 19.8 Å². The number of amides is 1. The fraction of sp³-hybridized carbons (Fsp3) is 0.944. The van der Waals surface area contributed by atoms with E-state index in [9.17, 15) is 4.79 Å². The first kappa shape index (κ1) is 14.9. The van der Waals surface area contributed by atoms with Crippen LogP contribution >= 0.6 is 0 Å². The normalized spacial score (nSPS) is 40.8. The van der Waals surface area contributed by atoms with E-state index in [1.807, 2.05) is 0 Å². The monoisotopic (exact) mass is 307 g/mol. The predicted octanol–water partition coefficient (Wildman–Crippen LogP) is 0.624. The Morgan fingerprint density at radius 1 is 1.05 bits per heavy atom. The molecule has 0 aromatic heterocycles. The van der Waals surface area contributed by atoms with E-state index in [0.717, 1.165) is 57.0 Å². The highest BCUT2D eigenvalue weighted by Gasteiger charge is 2.54. The van der Waals surface area contributed by atoms with Crippen LogP contribution in [0.3, 0.4) is 0 Å². The number of carbonyl (C=O) groups excluding carboxylic acids is 1. The van der Waals surface area contributed by atoms with Crippen molar-refractivity contribution in [3.8, 4) is 0 Å². The molecule has 0 unspecified atom stereocenters. The highest BCUT2D eigenvalue weighted by atomic mass is 16.5. The highest BCUT2D eigenvalue weighted by Crippen LogP contribution is 2.60. The lowest BCUT2D eigenvalue weighted by molar-refractivity contribution is -0.908. The van der Waals surface area contributed by atoms with Crippen LogP contribution in [0, 0.1) is 23.2 Å². The number of morpholine rings is 1. The van der Waals surface area contributed by atoms with Crippen molar-refractivity contribution in [2.45, 2.75) is 44.9 Å². The van der Waals surface area contributed by atoms with Gasteiger partial charge in [-0.15, -0.1) is 0 Å². The Morgan fingerprint density at radius 2 is 1.64 bits per heavy atom. The van der Waals surface area contributed by atoms with Gasteiger partial charge in [-0.05, 0) is 56.3 Å². The van der Waals surface area contributed by atoms with Crippen molar-refractivity contribution in [1.82, 2.24) is 5.32 Å². The number of hydrogen-bond acceptors (Lipinski definition) is 2. The topological polar surface area (TPSA) is 42.8 Å². The van der Waals surface area contributed by atoms with Gasteiger partial charge < -0.3 is 15.0 Å². The van der Waals surface area contributed by atoms with Crippen molar-refractivity contribution in [1.29, 1.82) is 0 Å². The maximum absolute atomic E-state index is 12.8. The predicted molar refractivity (Wildman–Crippen MR) is 84.6 cm³/mol. The largest absolute Gasteiger partial charge is 0.370 e. The van der Waals surface area contributed by atoms with Gasteiger partial charge in [-0.2, -0.15) is 0 Å². The van der Waals surface area contributed by atoms with E-state index in [4.69, 9.17) is 4.74 Å². The molecule has 5 fully saturated rings. The standard InChI is InChI=1S/C18H30N2O2/c21-17(19-2-1-3-20-4-6-22-7-5-20)18-11-14-8-15(12-18)10-16(9-14)13-18/h14-16H,1-13H2,(H,19,21)/p+1. The molecule has 5 rings (SSSR count). The zero-order valence-corrected chi connectivity index (χ0v) is 13.7. The highest BCUT2D eigenvalue weighted by molar-refractivity contribution is 5.83. The molecule has 4 saturated carbocycles. The van der Waals surface area contributed by atoms with Crippen molar-refractivity contribution in [3.63, 3.8) is 0 Å². The van der Waals surface area contributed by atoms with E-state index < -0.39 is 0 Å². The molecule has 22 heavy (non-hydrogen) atoms. The average Bonchev–Trinajstić information content (AvgIpc) is 2.51. The molecule has 4 bridgehead atoms. The number of carbonyl (C=O) groups is 1. The molecular weight excluding hydrogens is 276 g/mol. The summed E-state index contributed by atoms with van der Waals surface area (Å²) in [7, 11) is 0. The summed E-state index contributed by atoms with van der Waals surface area (Å²) >= 11 is 0. The van der Waals surface area contributed by atoms with Gasteiger partial charge in [-0.1, -0.05) is 0 Å². The van der Waals surface area contributed by atoms with Gasteiger partial charge >= 0.3 is 0 Å². The second-order valence-electron chi connectivity index (χ2n) is 8.42. The van der Waals surface area contributed by atoms with E-state index in [-0.39, 0.29) is 5.41 Å². The minimum absolute atomic E-state index is 0.0283. The number of ether oxygens (including phenoxy) is 1. The van der Waals surface area contributed by atoms with Crippen LogP contribution in [0.25, 0.3) is 0 Å². The minimum Gasteiger partial charge on any atom is -0.370 e. The lowest BCUT2D eigenvalue weighted by atomic mass is 9.49. The Balaban J connectivity index is 1.24. The van der Waals surface area contributed by atoms with Gasteiger partial charge in [0.2, 0.25) is 5.91 Å². The number of quaternary nitrogens is 1. The van der Waals surface area contributed by atoms with E-state index in [1.165, 1.54) is 45.1 Å². The molecule has 1 amide bonds. The van der Waals surface area contributed by atoms with Crippen LogP contribution < -0.4 is 10.2 Å². The van der Waals surface area contributed by atoms with Crippen LogP contribution in [0.1, 0.15) is 44.9 Å². The molecule has 0 aromatic rings. The van der Waals surface area contributed by atoms with Crippen molar-refractivity contribution >= 4 is 5.91 Å². The van der Waals surface area contributed by atoms with Crippen LogP contribution in [0.4, 0.5) is 0 Å². The smallest absolute Gasteiger partial charge is 0.226 e. The van der Waals surface area contributed by atoms with Crippen molar-refractivity contribution in [2.24, 2.45) is 23.2 Å². The third kappa shape index (κ3) is 2.92. The molecule has 0 spiro atoms. The lowest BCUT2D eigenvalue weighted by Gasteiger charge is -2.55. The first-order valence-electron chi connectivity index (χ1n) is 9.43. The van der Waals surface area contributed by atoms with Crippen LogP contribution in [0.15, 0.2) is 0 Å². The summed E-state index contributed by atoms with van der Waals surface area (Å²) in [6.45, 7) is 6.09. The van der Waals surface area contributed by atoms with Gasteiger partial charge in [0, 0.05) is 18.4 Å². The molecule has 4 aliphatic carbocycles. The average molecular weight is 307 g/mol. The molecule has 2 N–H and O–H groups in total. The summed E-state index contributed by atoms with van der Waals surface area (Å²) < 4.78 is 5.39. The Bertz CT molecular complexity index is 382. The van der Waals surface area contributed by atoms with Gasteiger partial charge in [0.25, 0.3) is 0 Å². The summed E-state index contributed by atoms with van der Waals surface area (Å²) in [4.78, 5) is 14.4. The summed E-state index contributed by atoms with van der Waals surface area (Å²) in [6, 6.07) is 0. The number of rotatable bonds is 5. The molecule has 1 aliphatic heterocycles. The molecule has 0 aromatic carbocycles. The van der Waals surface area contributed by atoms with Crippen molar-refractivity contribution in [3.05, 3.63) is 0 Å². The minimum atomic E-state index is 0.0283. The number of hydrogen-bond donors (Lipinski definition) is 2. The van der Waals surface area contributed by atoms with E-state index in [2.05, 4.69) is 5.32 Å². The lowest BCUT2D eigenvalue weighted by Crippen LogP contribution is -3.14. The Morgan fingerprint density at radius 3 is 2.23 bits per heavy atom. The maximum Gasteiger partial charge on any atom is 0.226 e. The van der Waals surface area contributed by atoms with Gasteiger partial charge in [-0.3, -0.25) is 4.79 Å². The fourth-order valence-corrected chi connectivity index (χ4v) is 6.03. The van der Waals surface area contributed by atoms with Crippen LogP contribution in [0.5, 0.6) is 0 Å². The Kier molecular flexibility index (Phi) is 4.16. The van der Waals surface area contributed by atoms with Gasteiger partial charge in [0.15, 0.2) is 0 Å². The quantitative estimate of drug-likeness (QED) is 0.732. The SMILES string of the molecule is O=C(NCCC[NH+]1CCOCC1)C12CC3CC(CC(C3)C1)C2. The van der Waals surface area contributed by atoms with Crippen LogP contribution in [0.2, 0.25) is 0 Å². The van der Waals surface area contributed by atoms with Crippen molar-refractivity contribution in [2.75, 3.05) is 39.4 Å². The van der Waals surface area contributed by atoms with E-state index in [1.54, 1.807) is 4.90 Å². The molecule has 4 heteroatoms. The third-order valence-electron chi connectivity index (χ3n) is 6.71. The third-order valence-corrected chi connectivity index (χ3v) is 6.71. The second-order valence-corrected chi connectivity index (χ2v) is 8.42. The van der Waals surface area contributed by atoms with Gasteiger partial charge in [0.1, 0.15) is 13.1 Å². The second kappa shape index (κ2) is 6.12. The summed E-state index contributed by atoms with van der Waals surface area (Å²) in [5, 5.41) is 3.30.